The third kappa shape index (κ3) is 3.05. The van der Waals surface area contributed by atoms with Gasteiger partial charge in [-0.3, -0.25) is 9.48 Å². The molecule has 0 aromatic carbocycles. The van der Waals surface area contributed by atoms with E-state index >= 15 is 0 Å². The molecule has 2 aliphatic carbocycles. The molecule has 0 saturated heterocycles. The highest BCUT2D eigenvalue weighted by Crippen LogP contribution is 2.32. The monoisotopic (exact) mass is 339 g/mol. The fourth-order valence-corrected chi connectivity index (χ4v) is 4.12. The lowest BCUT2D eigenvalue weighted by atomic mass is 9.95. The van der Waals surface area contributed by atoms with E-state index in [9.17, 15) is 4.79 Å². The Kier molecular flexibility index (Phi) is 4.27. The maximum Gasteiger partial charge on any atom is 0.272 e. The lowest BCUT2D eigenvalue weighted by molar-refractivity contribution is 0.0921. The highest BCUT2D eigenvalue weighted by Gasteiger charge is 2.28. The highest BCUT2D eigenvalue weighted by atomic mass is 16.2. The Hall–Kier alpha value is -2.24. The van der Waals surface area contributed by atoms with Crippen molar-refractivity contribution >= 4 is 5.91 Å². The molecular formula is C19H25N5O. The molecule has 6 heteroatoms. The van der Waals surface area contributed by atoms with E-state index < -0.39 is 0 Å². The Morgan fingerprint density at radius 3 is 2.80 bits per heavy atom. The summed E-state index contributed by atoms with van der Waals surface area (Å²) >= 11 is 0. The normalized spacial score (nSPS) is 17.5. The second-order valence-corrected chi connectivity index (χ2v) is 7.25. The van der Waals surface area contributed by atoms with E-state index in [4.69, 9.17) is 0 Å². The molecule has 1 fully saturated rings. The Bertz CT molecular complexity index is 804. The third-order valence-corrected chi connectivity index (χ3v) is 5.38. The number of rotatable bonds is 2. The summed E-state index contributed by atoms with van der Waals surface area (Å²) in [4.78, 5) is 21.9. The van der Waals surface area contributed by atoms with Crippen LogP contribution in [0.2, 0.25) is 0 Å². The average Bonchev–Trinajstić information content (AvgIpc) is 2.82. The Labute approximate surface area is 148 Å². The van der Waals surface area contributed by atoms with Gasteiger partial charge < -0.3 is 5.32 Å². The van der Waals surface area contributed by atoms with Crippen molar-refractivity contribution in [1.82, 2.24) is 25.1 Å². The van der Waals surface area contributed by atoms with Crippen LogP contribution in [0.4, 0.5) is 0 Å². The first-order valence-electron chi connectivity index (χ1n) is 9.33. The molecule has 4 rings (SSSR count). The fraction of sp³-hybridized carbons (Fsp3) is 0.579. The van der Waals surface area contributed by atoms with E-state index in [0.717, 1.165) is 60.4 Å². The number of nitrogens with one attached hydrogen (secondary N) is 1. The first kappa shape index (κ1) is 16.2. The van der Waals surface area contributed by atoms with Crippen molar-refractivity contribution in [1.29, 1.82) is 0 Å². The molecule has 0 spiro atoms. The molecule has 2 aliphatic rings. The van der Waals surface area contributed by atoms with Crippen LogP contribution < -0.4 is 5.32 Å². The van der Waals surface area contributed by atoms with Gasteiger partial charge in [0.05, 0.1) is 11.4 Å². The second-order valence-electron chi connectivity index (χ2n) is 7.25. The predicted molar refractivity (Wildman–Crippen MR) is 95.3 cm³/mol. The van der Waals surface area contributed by atoms with Gasteiger partial charge in [-0.1, -0.05) is 19.3 Å². The SMILES string of the molecule is Cc1ncc2c(n1)-c1c(c(C(=O)NC3CCCCC3)nn1C)CCC2. The van der Waals surface area contributed by atoms with Crippen LogP contribution in [0.25, 0.3) is 11.4 Å². The van der Waals surface area contributed by atoms with Crippen LogP contribution in [0.3, 0.4) is 0 Å². The van der Waals surface area contributed by atoms with E-state index in [1.807, 2.05) is 24.9 Å². The van der Waals surface area contributed by atoms with Crippen molar-refractivity contribution < 1.29 is 4.79 Å². The number of hydrogen-bond acceptors (Lipinski definition) is 4. The maximum atomic E-state index is 12.9. The number of nitrogens with zero attached hydrogens (tertiary/aromatic N) is 4. The number of aryl methyl sites for hydroxylation is 3. The van der Waals surface area contributed by atoms with Crippen molar-refractivity contribution in [2.45, 2.75) is 64.3 Å². The third-order valence-electron chi connectivity index (χ3n) is 5.38. The van der Waals surface area contributed by atoms with Crippen molar-refractivity contribution in [2.75, 3.05) is 0 Å². The van der Waals surface area contributed by atoms with Crippen LogP contribution in [-0.4, -0.2) is 31.7 Å². The minimum absolute atomic E-state index is 0.0296. The molecule has 1 saturated carbocycles. The summed E-state index contributed by atoms with van der Waals surface area (Å²) in [5, 5.41) is 7.78. The van der Waals surface area contributed by atoms with Gasteiger partial charge in [-0.05, 0) is 44.6 Å². The van der Waals surface area contributed by atoms with E-state index in [1.54, 1.807) is 0 Å². The molecule has 2 aromatic rings. The molecule has 0 aliphatic heterocycles. The molecule has 0 radical (unpaired) electrons. The number of amides is 1. The van der Waals surface area contributed by atoms with Crippen LogP contribution in [0, 0.1) is 6.92 Å². The summed E-state index contributed by atoms with van der Waals surface area (Å²) < 4.78 is 1.82. The van der Waals surface area contributed by atoms with Crippen LogP contribution in [0.5, 0.6) is 0 Å². The summed E-state index contributed by atoms with van der Waals surface area (Å²) in [6.45, 7) is 1.90. The zero-order chi connectivity index (χ0) is 17.4. The van der Waals surface area contributed by atoms with Crippen LogP contribution in [0.15, 0.2) is 6.20 Å². The molecule has 132 valence electrons. The topological polar surface area (TPSA) is 72.7 Å². The fourth-order valence-electron chi connectivity index (χ4n) is 4.12. The number of aromatic nitrogens is 4. The van der Waals surface area contributed by atoms with E-state index in [0.29, 0.717) is 11.7 Å². The Morgan fingerprint density at radius 2 is 2.00 bits per heavy atom. The summed E-state index contributed by atoms with van der Waals surface area (Å²) in [6.07, 6.45) is 10.5. The Morgan fingerprint density at radius 1 is 1.20 bits per heavy atom. The zero-order valence-corrected chi connectivity index (χ0v) is 15.0. The minimum atomic E-state index is -0.0296. The smallest absolute Gasteiger partial charge is 0.272 e. The van der Waals surface area contributed by atoms with Crippen molar-refractivity contribution in [2.24, 2.45) is 7.05 Å². The van der Waals surface area contributed by atoms with Crippen LogP contribution >= 0.6 is 0 Å². The highest BCUT2D eigenvalue weighted by molar-refractivity contribution is 5.95. The molecule has 1 amide bonds. The quantitative estimate of drug-likeness (QED) is 0.913. The first-order chi connectivity index (χ1) is 12.1. The van der Waals surface area contributed by atoms with Gasteiger partial charge in [-0.2, -0.15) is 5.10 Å². The molecule has 0 bridgehead atoms. The minimum Gasteiger partial charge on any atom is -0.348 e. The average molecular weight is 339 g/mol. The summed E-state index contributed by atoms with van der Waals surface area (Å²) in [5.41, 5.74) is 4.67. The largest absolute Gasteiger partial charge is 0.348 e. The van der Waals surface area contributed by atoms with Gasteiger partial charge >= 0.3 is 0 Å². The zero-order valence-electron chi connectivity index (χ0n) is 15.0. The number of hydrogen-bond donors (Lipinski definition) is 1. The summed E-state index contributed by atoms with van der Waals surface area (Å²) in [7, 11) is 1.91. The van der Waals surface area contributed by atoms with E-state index in [-0.39, 0.29) is 5.91 Å². The molecule has 6 nitrogen and oxygen atoms in total. The van der Waals surface area contributed by atoms with E-state index in [1.165, 1.54) is 19.3 Å². The van der Waals surface area contributed by atoms with Gasteiger partial charge in [0.25, 0.3) is 5.91 Å². The summed E-state index contributed by atoms with van der Waals surface area (Å²) in [5.74, 6) is 0.721. The number of carbonyl (C=O) groups is 1. The first-order valence-corrected chi connectivity index (χ1v) is 9.33. The van der Waals surface area contributed by atoms with Gasteiger partial charge in [0, 0.05) is 24.8 Å². The van der Waals surface area contributed by atoms with Gasteiger partial charge in [0.15, 0.2) is 5.69 Å². The predicted octanol–water partition coefficient (Wildman–Crippen LogP) is 2.74. The van der Waals surface area contributed by atoms with Crippen LogP contribution in [-0.2, 0) is 19.9 Å². The van der Waals surface area contributed by atoms with Gasteiger partial charge in [-0.15, -0.1) is 0 Å². The molecule has 25 heavy (non-hydrogen) atoms. The summed E-state index contributed by atoms with van der Waals surface area (Å²) in [6, 6.07) is 0.293. The van der Waals surface area contributed by atoms with Crippen molar-refractivity contribution in [3.8, 4) is 11.4 Å². The Balaban J connectivity index is 1.70. The number of fused-ring (bicyclic) bond motifs is 3. The van der Waals surface area contributed by atoms with Gasteiger partial charge in [0.1, 0.15) is 5.82 Å². The molecule has 0 unspecified atom stereocenters. The number of carbonyl (C=O) groups excluding carboxylic acids is 1. The van der Waals surface area contributed by atoms with Crippen molar-refractivity contribution in [3.63, 3.8) is 0 Å². The van der Waals surface area contributed by atoms with Gasteiger partial charge in [0.2, 0.25) is 0 Å². The molecule has 1 N–H and O–H groups in total. The van der Waals surface area contributed by atoms with Gasteiger partial charge in [-0.25, -0.2) is 9.97 Å². The lowest BCUT2D eigenvalue weighted by Gasteiger charge is -2.22. The molecular weight excluding hydrogens is 314 g/mol. The maximum absolute atomic E-state index is 12.9. The second kappa shape index (κ2) is 6.58. The molecule has 0 atom stereocenters. The molecule has 2 aromatic heterocycles. The molecule has 2 heterocycles. The van der Waals surface area contributed by atoms with E-state index in [2.05, 4.69) is 20.4 Å². The lowest BCUT2D eigenvalue weighted by Crippen LogP contribution is -2.36. The van der Waals surface area contributed by atoms with Crippen molar-refractivity contribution in [3.05, 3.63) is 28.8 Å². The standard InChI is InChI=1S/C19H25N5O/c1-12-20-11-13-7-6-10-15-17(23-24(2)18(15)16(13)21-12)19(25)22-14-8-4-3-5-9-14/h11,14H,3-10H2,1-2H3,(H,22,25). The van der Waals surface area contributed by atoms with Crippen LogP contribution in [0.1, 0.15) is 66.0 Å².